The van der Waals surface area contributed by atoms with E-state index < -0.39 is 0 Å². The molecule has 2 rings (SSSR count). The van der Waals surface area contributed by atoms with E-state index in [1.165, 1.54) is 0 Å². The molecule has 54 valence electrons. The van der Waals surface area contributed by atoms with Gasteiger partial charge in [0.05, 0.1) is 12.6 Å². The van der Waals surface area contributed by atoms with Gasteiger partial charge in [0.25, 0.3) is 0 Å². The van der Waals surface area contributed by atoms with Crippen molar-refractivity contribution in [2.45, 2.75) is 17.8 Å². The van der Waals surface area contributed by atoms with Crippen LogP contribution in [0.1, 0.15) is 0 Å². The maximum Gasteiger partial charge on any atom is 0.168 e. The molecule has 0 aliphatic carbocycles. The second-order valence-corrected chi connectivity index (χ2v) is 3.31. The van der Waals surface area contributed by atoms with Gasteiger partial charge in [-0.15, -0.1) is 0 Å². The third-order valence-corrected chi connectivity index (χ3v) is 2.64. The lowest BCUT2D eigenvalue weighted by Gasteiger charge is -2.17. The Labute approximate surface area is 63.1 Å². The predicted molar refractivity (Wildman–Crippen MR) is 39.0 cm³/mol. The molecular weight excluding hydrogens is 148 g/mol. The molecule has 0 radical (unpaired) electrons. The Bertz CT molecular complexity index is 235. The monoisotopic (exact) mass is 156 g/mol. The number of fused-ring (bicyclic) bond motifs is 1. The lowest BCUT2D eigenvalue weighted by Crippen LogP contribution is -2.22. The van der Waals surface area contributed by atoms with Gasteiger partial charge in [0.15, 0.2) is 5.16 Å². The number of aliphatic hydroxyl groups excluding tert-OH is 1. The van der Waals surface area contributed by atoms with Gasteiger partial charge in [0.1, 0.15) is 0 Å². The summed E-state index contributed by atoms with van der Waals surface area (Å²) in [7, 11) is 0. The van der Waals surface area contributed by atoms with Gasteiger partial charge in [-0.05, 0) is 0 Å². The molecular formula is C6H8N2OS. The van der Waals surface area contributed by atoms with Gasteiger partial charge in [-0.2, -0.15) is 0 Å². The van der Waals surface area contributed by atoms with Gasteiger partial charge in [-0.3, -0.25) is 0 Å². The maximum atomic E-state index is 9.20. The summed E-state index contributed by atoms with van der Waals surface area (Å²) in [5, 5.41) is 10.2. The Morgan fingerprint density at radius 2 is 2.70 bits per heavy atom. The number of rotatable bonds is 0. The third kappa shape index (κ3) is 0.932. The number of hydrogen-bond donors (Lipinski definition) is 1. The first-order valence-corrected chi connectivity index (χ1v) is 4.17. The molecule has 1 aliphatic heterocycles. The van der Waals surface area contributed by atoms with Crippen molar-refractivity contribution in [3.05, 3.63) is 12.4 Å². The van der Waals surface area contributed by atoms with Gasteiger partial charge in [0.2, 0.25) is 0 Å². The normalized spacial score (nSPS) is 24.3. The Morgan fingerprint density at radius 3 is 3.60 bits per heavy atom. The standard InChI is InChI=1S/C6H8N2OS/c9-5-3-8-2-1-7-6(8)10-4-5/h1-2,5,9H,3-4H2/t5-/m1/s1. The van der Waals surface area contributed by atoms with Crippen molar-refractivity contribution in [2.24, 2.45) is 0 Å². The number of nitrogens with zero attached hydrogens (tertiary/aromatic N) is 2. The van der Waals surface area contributed by atoms with Crippen molar-refractivity contribution < 1.29 is 5.11 Å². The number of hydrogen-bond acceptors (Lipinski definition) is 3. The van der Waals surface area contributed by atoms with Crippen LogP contribution in [0.25, 0.3) is 0 Å². The first-order valence-electron chi connectivity index (χ1n) is 3.18. The highest BCUT2D eigenvalue weighted by atomic mass is 32.2. The summed E-state index contributed by atoms with van der Waals surface area (Å²) in [5.41, 5.74) is 0. The molecule has 0 saturated carbocycles. The van der Waals surface area contributed by atoms with E-state index in [0.29, 0.717) is 6.54 Å². The van der Waals surface area contributed by atoms with Gasteiger partial charge < -0.3 is 9.67 Å². The Hall–Kier alpha value is -0.480. The fourth-order valence-corrected chi connectivity index (χ4v) is 1.91. The van der Waals surface area contributed by atoms with E-state index in [0.717, 1.165) is 10.9 Å². The second-order valence-electron chi connectivity index (χ2n) is 2.33. The molecule has 0 amide bonds. The zero-order chi connectivity index (χ0) is 6.97. The molecule has 10 heavy (non-hydrogen) atoms. The molecule has 1 atom stereocenters. The van der Waals surface area contributed by atoms with Crippen molar-refractivity contribution in [3.8, 4) is 0 Å². The molecule has 3 nitrogen and oxygen atoms in total. The summed E-state index contributed by atoms with van der Waals surface area (Å²) in [4.78, 5) is 4.11. The van der Waals surface area contributed by atoms with Gasteiger partial charge in [0, 0.05) is 18.1 Å². The molecule has 0 bridgehead atoms. The summed E-state index contributed by atoms with van der Waals surface area (Å²) in [6.45, 7) is 0.697. The van der Waals surface area contributed by atoms with E-state index in [4.69, 9.17) is 0 Å². The summed E-state index contributed by atoms with van der Waals surface area (Å²) >= 11 is 1.61. The summed E-state index contributed by atoms with van der Waals surface area (Å²) in [5.74, 6) is 0.775. The van der Waals surface area contributed by atoms with Crippen molar-refractivity contribution in [3.63, 3.8) is 0 Å². The highest BCUT2D eigenvalue weighted by molar-refractivity contribution is 7.99. The van der Waals surface area contributed by atoms with Crippen LogP contribution >= 0.6 is 11.8 Å². The second kappa shape index (κ2) is 2.29. The van der Waals surface area contributed by atoms with Crippen LogP contribution in [0.2, 0.25) is 0 Å². The molecule has 1 aromatic heterocycles. The third-order valence-electron chi connectivity index (χ3n) is 1.49. The van der Waals surface area contributed by atoms with Gasteiger partial charge in [-0.1, -0.05) is 11.8 Å². The largest absolute Gasteiger partial charge is 0.390 e. The van der Waals surface area contributed by atoms with E-state index in [2.05, 4.69) is 4.98 Å². The summed E-state index contributed by atoms with van der Waals surface area (Å²) in [6, 6.07) is 0. The van der Waals surface area contributed by atoms with Gasteiger partial charge in [-0.25, -0.2) is 4.98 Å². The minimum atomic E-state index is -0.202. The lowest BCUT2D eigenvalue weighted by molar-refractivity contribution is 0.170. The Morgan fingerprint density at radius 1 is 1.80 bits per heavy atom. The Kier molecular flexibility index (Phi) is 1.43. The highest BCUT2D eigenvalue weighted by Crippen LogP contribution is 2.22. The molecule has 4 heteroatoms. The molecule has 0 fully saturated rings. The smallest absolute Gasteiger partial charge is 0.168 e. The zero-order valence-electron chi connectivity index (χ0n) is 5.40. The molecule has 2 heterocycles. The van der Waals surface area contributed by atoms with Gasteiger partial charge >= 0.3 is 0 Å². The summed E-state index contributed by atoms with van der Waals surface area (Å²) in [6.07, 6.45) is 3.46. The topological polar surface area (TPSA) is 38.1 Å². The number of imidazole rings is 1. The van der Waals surface area contributed by atoms with Crippen molar-refractivity contribution in [1.82, 2.24) is 9.55 Å². The molecule has 1 aromatic rings. The Balaban J connectivity index is 2.30. The van der Waals surface area contributed by atoms with E-state index >= 15 is 0 Å². The minimum Gasteiger partial charge on any atom is -0.390 e. The fourth-order valence-electron chi connectivity index (χ4n) is 1.03. The van der Waals surface area contributed by atoms with Crippen LogP contribution in [0.3, 0.4) is 0 Å². The number of thioether (sulfide) groups is 1. The quantitative estimate of drug-likeness (QED) is 0.589. The van der Waals surface area contributed by atoms with E-state index in [1.807, 2.05) is 10.8 Å². The predicted octanol–water partition coefficient (Wildman–Crippen LogP) is 0.350. The minimum absolute atomic E-state index is 0.202. The first kappa shape index (κ1) is 6.24. The van der Waals surface area contributed by atoms with E-state index in [-0.39, 0.29) is 6.10 Å². The zero-order valence-corrected chi connectivity index (χ0v) is 6.21. The van der Waals surface area contributed by atoms with Crippen LogP contribution in [-0.2, 0) is 6.54 Å². The molecule has 0 saturated heterocycles. The molecule has 1 N–H and O–H groups in total. The fraction of sp³-hybridized carbons (Fsp3) is 0.500. The van der Waals surface area contributed by atoms with Crippen LogP contribution in [0.15, 0.2) is 17.6 Å². The average molecular weight is 156 g/mol. The average Bonchev–Trinajstić information content (AvgIpc) is 2.33. The maximum absolute atomic E-state index is 9.20. The molecule has 1 aliphatic rings. The van der Waals surface area contributed by atoms with Crippen LogP contribution in [0.4, 0.5) is 0 Å². The molecule has 0 spiro atoms. The highest BCUT2D eigenvalue weighted by Gasteiger charge is 2.15. The molecule has 0 aromatic carbocycles. The SMILES string of the molecule is O[C@H]1CSc2nccn2C1. The van der Waals surface area contributed by atoms with Crippen LogP contribution < -0.4 is 0 Å². The lowest BCUT2D eigenvalue weighted by atomic mass is 10.4. The van der Waals surface area contributed by atoms with E-state index in [1.54, 1.807) is 18.0 Å². The summed E-state index contributed by atoms with van der Waals surface area (Å²) < 4.78 is 1.97. The van der Waals surface area contributed by atoms with Crippen LogP contribution in [0.5, 0.6) is 0 Å². The number of aromatic nitrogens is 2. The van der Waals surface area contributed by atoms with Crippen LogP contribution in [0, 0.1) is 0 Å². The van der Waals surface area contributed by atoms with Crippen molar-refractivity contribution in [2.75, 3.05) is 5.75 Å². The van der Waals surface area contributed by atoms with Crippen molar-refractivity contribution >= 4 is 11.8 Å². The first-order chi connectivity index (χ1) is 4.86. The number of aliphatic hydroxyl groups is 1. The molecule has 0 unspecified atom stereocenters. The van der Waals surface area contributed by atoms with E-state index in [9.17, 15) is 5.11 Å². The van der Waals surface area contributed by atoms with Crippen LogP contribution in [-0.4, -0.2) is 26.5 Å². The van der Waals surface area contributed by atoms with Crippen molar-refractivity contribution in [1.29, 1.82) is 0 Å².